The number of aliphatic hydroxyl groups is 1. The van der Waals surface area contributed by atoms with Crippen LogP contribution in [-0.4, -0.2) is 20.9 Å². The smallest absolute Gasteiger partial charge is 0.290 e. The minimum absolute atomic E-state index is 0.166. The Hall–Kier alpha value is -3.47. The highest BCUT2D eigenvalue weighted by Crippen LogP contribution is 2.44. The van der Waals surface area contributed by atoms with Gasteiger partial charge in [-0.25, -0.2) is 4.39 Å². The van der Waals surface area contributed by atoms with Gasteiger partial charge in [0, 0.05) is 17.3 Å². The number of rotatable bonds is 4. The zero-order chi connectivity index (χ0) is 18.8. The van der Waals surface area contributed by atoms with Crippen LogP contribution in [0.5, 0.6) is 0 Å². The second-order valence-electron chi connectivity index (χ2n) is 6.31. The Morgan fingerprint density at radius 1 is 0.963 bits per heavy atom. The molecule has 1 atom stereocenters. The number of carbonyl (C=O) groups is 1. The molecular weight excluding hydrogens is 343 g/mol. The third-order valence-electron chi connectivity index (χ3n) is 4.65. The molecule has 0 radical (unpaired) electrons. The van der Waals surface area contributed by atoms with E-state index in [1.165, 1.54) is 11.0 Å². The van der Waals surface area contributed by atoms with Gasteiger partial charge in [-0.15, -0.1) is 0 Å². The van der Waals surface area contributed by atoms with Crippen molar-refractivity contribution >= 4 is 11.5 Å². The van der Waals surface area contributed by atoms with Crippen molar-refractivity contribution < 1.29 is 14.3 Å². The summed E-state index contributed by atoms with van der Waals surface area (Å²) < 4.78 is 14.6. The maximum atomic E-state index is 14.6. The average molecular weight is 360 g/mol. The predicted octanol–water partition coefficient (Wildman–Crippen LogP) is 4.27. The number of benzene rings is 2. The van der Waals surface area contributed by atoms with Crippen molar-refractivity contribution in [2.24, 2.45) is 0 Å². The fraction of sp³-hybridized carbons (Fsp3) is 0.0909. The van der Waals surface area contributed by atoms with Gasteiger partial charge < -0.3 is 10.0 Å². The third-order valence-corrected chi connectivity index (χ3v) is 4.65. The molecule has 0 fully saturated rings. The molecule has 1 aromatic heterocycles. The molecule has 0 aliphatic carbocycles. The Bertz CT molecular complexity index is 1000. The van der Waals surface area contributed by atoms with Crippen molar-refractivity contribution in [3.63, 3.8) is 0 Å². The van der Waals surface area contributed by atoms with Gasteiger partial charge in [0.2, 0.25) is 0 Å². The zero-order valence-electron chi connectivity index (χ0n) is 14.4. The molecule has 4 nitrogen and oxygen atoms in total. The molecule has 134 valence electrons. The Labute approximate surface area is 156 Å². The van der Waals surface area contributed by atoms with E-state index in [2.05, 4.69) is 4.98 Å². The summed E-state index contributed by atoms with van der Waals surface area (Å²) in [4.78, 5) is 18.6. The lowest BCUT2D eigenvalue weighted by Crippen LogP contribution is -2.30. The first-order valence-electron chi connectivity index (χ1n) is 8.60. The Balaban J connectivity index is 1.85. The van der Waals surface area contributed by atoms with Crippen LogP contribution >= 0.6 is 0 Å². The quantitative estimate of drug-likeness (QED) is 0.756. The van der Waals surface area contributed by atoms with E-state index in [1.54, 1.807) is 48.7 Å². The fourth-order valence-electron chi connectivity index (χ4n) is 3.42. The molecule has 0 spiro atoms. The van der Waals surface area contributed by atoms with E-state index in [0.29, 0.717) is 22.4 Å². The SMILES string of the molecule is O=C1C(O)=C(c2ccccc2)C(c2ccccc2F)N1Cc1ccccn1. The molecule has 1 amide bonds. The van der Waals surface area contributed by atoms with Gasteiger partial charge in [-0.2, -0.15) is 0 Å². The number of halogens is 1. The molecule has 1 aliphatic rings. The van der Waals surface area contributed by atoms with Crippen LogP contribution in [0.1, 0.15) is 22.9 Å². The van der Waals surface area contributed by atoms with Gasteiger partial charge in [-0.1, -0.05) is 54.6 Å². The maximum absolute atomic E-state index is 14.6. The summed E-state index contributed by atoms with van der Waals surface area (Å²) in [6.45, 7) is 0.166. The van der Waals surface area contributed by atoms with Crippen LogP contribution in [-0.2, 0) is 11.3 Å². The van der Waals surface area contributed by atoms with E-state index in [1.807, 2.05) is 24.3 Å². The minimum Gasteiger partial charge on any atom is -0.503 e. The van der Waals surface area contributed by atoms with Gasteiger partial charge >= 0.3 is 0 Å². The van der Waals surface area contributed by atoms with Crippen LogP contribution in [0.3, 0.4) is 0 Å². The number of hydrogen-bond acceptors (Lipinski definition) is 3. The molecule has 2 aromatic carbocycles. The van der Waals surface area contributed by atoms with Crippen LogP contribution in [0.15, 0.2) is 84.8 Å². The molecule has 0 saturated heterocycles. The van der Waals surface area contributed by atoms with Gasteiger partial charge in [0.05, 0.1) is 18.3 Å². The second kappa shape index (κ2) is 7.03. The molecule has 5 heteroatoms. The first-order chi connectivity index (χ1) is 13.2. The average Bonchev–Trinajstić information content (AvgIpc) is 2.95. The topological polar surface area (TPSA) is 53.4 Å². The van der Waals surface area contributed by atoms with Crippen molar-refractivity contribution in [2.45, 2.75) is 12.6 Å². The summed E-state index contributed by atoms with van der Waals surface area (Å²) >= 11 is 0. The molecule has 4 rings (SSSR count). The number of aromatic nitrogens is 1. The molecule has 2 heterocycles. The van der Waals surface area contributed by atoms with Crippen LogP contribution < -0.4 is 0 Å². The van der Waals surface area contributed by atoms with E-state index in [-0.39, 0.29) is 12.3 Å². The van der Waals surface area contributed by atoms with Gasteiger partial charge in [0.15, 0.2) is 5.76 Å². The van der Waals surface area contributed by atoms with Crippen LogP contribution in [0.25, 0.3) is 5.57 Å². The molecular formula is C22H17FN2O2. The highest BCUT2D eigenvalue weighted by Gasteiger charge is 2.42. The number of pyridine rings is 1. The molecule has 3 aromatic rings. The van der Waals surface area contributed by atoms with Gasteiger partial charge in [-0.3, -0.25) is 9.78 Å². The van der Waals surface area contributed by atoms with E-state index in [9.17, 15) is 14.3 Å². The number of amides is 1. The lowest BCUT2D eigenvalue weighted by Gasteiger charge is -2.27. The lowest BCUT2D eigenvalue weighted by atomic mass is 9.93. The maximum Gasteiger partial charge on any atom is 0.290 e. The van der Waals surface area contributed by atoms with E-state index in [4.69, 9.17) is 0 Å². The number of aliphatic hydroxyl groups excluding tert-OH is 1. The van der Waals surface area contributed by atoms with Crippen molar-refractivity contribution in [3.8, 4) is 0 Å². The van der Waals surface area contributed by atoms with E-state index < -0.39 is 17.8 Å². The first-order valence-corrected chi connectivity index (χ1v) is 8.60. The molecule has 27 heavy (non-hydrogen) atoms. The Kier molecular flexibility index (Phi) is 4.42. The predicted molar refractivity (Wildman–Crippen MR) is 99.9 cm³/mol. The second-order valence-corrected chi connectivity index (χ2v) is 6.31. The fourth-order valence-corrected chi connectivity index (χ4v) is 3.42. The summed E-state index contributed by atoms with van der Waals surface area (Å²) in [5.41, 5.74) is 2.08. The van der Waals surface area contributed by atoms with Crippen LogP contribution in [0, 0.1) is 5.82 Å². The minimum atomic E-state index is -0.733. The largest absolute Gasteiger partial charge is 0.503 e. The lowest BCUT2D eigenvalue weighted by molar-refractivity contribution is -0.130. The van der Waals surface area contributed by atoms with Gasteiger partial charge in [-0.05, 0) is 23.8 Å². The van der Waals surface area contributed by atoms with Crippen LogP contribution in [0.2, 0.25) is 0 Å². The summed E-state index contributed by atoms with van der Waals surface area (Å²) in [7, 11) is 0. The van der Waals surface area contributed by atoms with Gasteiger partial charge in [0.1, 0.15) is 5.82 Å². The van der Waals surface area contributed by atoms with Crippen molar-refractivity contribution in [1.82, 2.24) is 9.88 Å². The normalized spacial score (nSPS) is 16.9. The van der Waals surface area contributed by atoms with Gasteiger partial charge in [0.25, 0.3) is 5.91 Å². The highest BCUT2D eigenvalue weighted by molar-refractivity contribution is 6.05. The molecule has 1 N–H and O–H groups in total. The van der Waals surface area contributed by atoms with E-state index in [0.717, 1.165) is 0 Å². The molecule has 0 bridgehead atoms. The van der Waals surface area contributed by atoms with Crippen molar-refractivity contribution in [3.05, 3.63) is 107 Å². The Morgan fingerprint density at radius 3 is 2.37 bits per heavy atom. The Morgan fingerprint density at radius 2 is 1.67 bits per heavy atom. The summed E-state index contributed by atoms with van der Waals surface area (Å²) in [6.07, 6.45) is 1.64. The van der Waals surface area contributed by atoms with E-state index >= 15 is 0 Å². The van der Waals surface area contributed by atoms with Crippen molar-refractivity contribution in [1.29, 1.82) is 0 Å². The third kappa shape index (κ3) is 3.08. The first kappa shape index (κ1) is 17.0. The molecule has 1 aliphatic heterocycles. The summed E-state index contributed by atoms with van der Waals surface area (Å²) in [5, 5.41) is 10.6. The molecule has 0 saturated carbocycles. The summed E-state index contributed by atoms with van der Waals surface area (Å²) in [6, 6.07) is 20.1. The number of hydrogen-bond donors (Lipinski definition) is 1. The summed E-state index contributed by atoms with van der Waals surface area (Å²) in [5.74, 6) is -1.32. The standard InChI is InChI=1S/C22H17FN2O2/c23-18-12-5-4-11-17(18)20-19(15-8-2-1-3-9-15)21(26)22(27)25(20)14-16-10-6-7-13-24-16/h1-13,20,26H,14H2. The molecule has 1 unspecified atom stereocenters. The number of nitrogens with zero attached hydrogens (tertiary/aromatic N) is 2. The number of carbonyl (C=O) groups excluding carboxylic acids is 1. The van der Waals surface area contributed by atoms with Crippen LogP contribution in [0.4, 0.5) is 4.39 Å². The van der Waals surface area contributed by atoms with Crippen molar-refractivity contribution in [2.75, 3.05) is 0 Å². The highest BCUT2D eigenvalue weighted by atomic mass is 19.1. The monoisotopic (exact) mass is 360 g/mol. The zero-order valence-corrected chi connectivity index (χ0v) is 14.4.